The van der Waals surface area contributed by atoms with Gasteiger partial charge in [0.1, 0.15) is 0 Å². The highest BCUT2D eigenvalue weighted by atomic mass is 28.4. The van der Waals surface area contributed by atoms with Crippen molar-refractivity contribution in [1.29, 1.82) is 0 Å². The molecule has 0 unspecified atom stereocenters. The summed E-state index contributed by atoms with van der Waals surface area (Å²) in [5.41, 5.74) is 0. The van der Waals surface area contributed by atoms with Crippen LogP contribution in [-0.2, 0) is 35.4 Å². The van der Waals surface area contributed by atoms with E-state index in [0.29, 0.717) is 0 Å². The minimum Gasteiger partial charge on any atom is -0.386 e. The van der Waals surface area contributed by atoms with Crippen LogP contribution in [0.4, 0.5) is 0 Å². The van der Waals surface area contributed by atoms with Crippen molar-refractivity contribution in [2.45, 2.75) is 99.7 Å². The van der Waals surface area contributed by atoms with E-state index in [1.165, 1.54) is 75.5 Å². The minimum absolute atomic E-state index is 1.07. The number of rotatable bonds is 24. The van der Waals surface area contributed by atoms with E-state index in [9.17, 15) is 0 Å². The zero-order valence-corrected chi connectivity index (χ0v) is 37.5. The highest BCUT2D eigenvalue weighted by molar-refractivity contribution is 6.80. The van der Waals surface area contributed by atoms with Gasteiger partial charge in [-0.25, -0.2) is 0 Å². The molecule has 4 aliphatic rings. The minimum atomic E-state index is -2.25. The molecular formula is C32H72N4O8Si5. The van der Waals surface area contributed by atoms with E-state index in [0.717, 1.165) is 76.5 Å². The molecule has 17 heteroatoms. The Morgan fingerprint density at radius 1 is 0.367 bits per heavy atom. The summed E-state index contributed by atoms with van der Waals surface area (Å²) in [5, 5.41) is 0. The Bertz CT molecular complexity index is 815. The second kappa shape index (κ2) is 19.8. The van der Waals surface area contributed by atoms with Crippen LogP contribution in [-0.4, -0.2) is 170 Å². The lowest BCUT2D eigenvalue weighted by Crippen LogP contribution is -2.54. The lowest BCUT2D eigenvalue weighted by atomic mass is 10.4. The van der Waals surface area contributed by atoms with Gasteiger partial charge < -0.3 is 35.4 Å². The lowest BCUT2D eigenvalue weighted by molar-refractivity contribution is 0.182. The van der Waals surface area contributed by atoms with Crippen LogP contribution in [0.3, 0.4) is 0 Å². The summed E-state index contributed by atoms with van der Waals surface area (Å²) < 4.78 is 59.2. The van der Waals surface area contributed by atoms with Gasteiger partial charge in [-0.15, -0.1) is 0 Å². The predicted molar refractivity (Wildman–Crippen MR) is 207 cm³/mol. The average molecular weight is 781 g/mol. The second-order valence-electron chi connectivity index (χ2n) is 14.8. The maximum Gasteiger partial charge on any atom is 0.427 e. The van der Waals surface area contributed by atoms with Crippen molar-refractivity contribution in [3.63, 3.8) is 0 Å². The molecule has 4 saturated heterocycles. The SMILES string of the molecule is CO[Si]1(OC)CCCN1CCC[Si](CCCN1CCC[Si]1(OC)OC)(CCCN1CCC[Si]1(OC)OC)CCCN1CCC[Si]1(OC)OC. The zero-order valence-electron chi connectivity index (χ0n) is 32.5. The first-order valence-electron chi connectivity index (χ1n) is 19.2. The summed E-state index contributed by atoms with van der Waals surface area (Å²) >= 11 is 0. The van der Waals surface area contributed by atoms with Gasteiger partial charge in [-0.3, -0.25) is 18.3 Å². The molecule has 0 aromatic rings. The zero-order chi connectivity index (χ0) is 35.4. The van der Waals surface area contributed by atoms with Crippen LogP contribution in [0.2, 0.25) is 48.4 Å². The quantitative estimate of drug-likeness (QED) is 0.127. The Morgan fingerprint density at radius 2 is 0.571 bits per heavy atom. The monoisotopic (exact) mass is 780 g/mol. The Kier molecular flexibility index (Phi) is 17.1. The molecule has 49 heavy (non-hydrogen) atoms. The maximum absolute atomic E-state index is 6.11. The molecule has 0 bridgehead atoms. The third-order valence-corrected chi connectivity index (χ3v) is 33.0. The Labute approximate surface area is 304 Å². The molecule has 0 amide bonds. The average Bonchev–Trinajstić information content (AvgIpc) is 3.94. The molecule has 0 aromatic carbocycles. The molecule has 12 nitrogen and oxygen atoms in total. The molecular weight excluding hydrogens is 709 g/mol. The summed E-state index contributed by atoms with van der Waals surface area (Å²) in [7, 11) is 4.15. The number of hydrogen-bond donors (Lipinski definition) is 0. The standard InChI is InChI=1S/C32H72N4O8Si5/c1-37-46(38-2)29-13-21-33(46)17-9-25-45(26-10-18-34-22-14-30-47(34,39-3)40-4,27-11-19-35-23-15-31-48(35,41-5)42-6)28-12-20-36-24-16-32-49(36,43-7)44-8/h9-32H2,1-8H3. The fourth-order valence-corrected chi connectivity index (χ4v) is 27.1. The molecule has 4 rings (SSSR count). The number of nitrogens with zero attached hydrogens (tertiary/aromatic N) is 4. The third kappa shape index (κ3) is 9.65. The van der Waals surface area contributed by atoms with Crippen LogP contribution in [0.5, 0.6) is 0 Å². The molecule has 0 radical (unpaired) electrons. The van der Waals surface area contributed by atoms with Gasteiger partial charge >= 0.3 is 34.9 Å². The Hall–Kier alpha value is 0.604. The van der Waals surface area contributed by atoms with E-state index >= 15 is 0 Å². The fourth-order valence-electron chi connectivity index (χ4n) is 9.93. The van der Waals surface area contributed by atoms with Gasteiger partial charge in [0.25, 0.3) is 0 Å². The Morgan fingerprint density at radius 3 is 0.755 bits per heavy atom. The van der Waals surface area contributed by atoms with Gasteiger partial charge in [0.05, 0.1) is 8.07 Å². The second-order valence-corrected chi connectivity index (χ2v) is 33.3. The van der Waals surface area contributed by atoms with Gasteiger partial charge in [-0.05, 0) is 104 Å². The van der Waals surface area contributed by atoms with Crippen LogP contribution in [0.1, 0.15) is 51.4 Å². The molecule has 0 N–H and O–H groups in total. The van der Waals surface area contributed by atoms with Crippen LogP contribution < -0.4 is 0 Å². The maximum atomic E-state index is 6.11. The highest BCUT2D eigenvalue weighted by Crippen LogP contribution is 2.37. The van der Waals surface area contributed by atoms with E-state index in [4.69, 9.17) is 35.4 Å². The van der Waals surface area contributed by atoms with E-state index in [1.54, 1.807) is 0 Å². The van der Waals surface area contributed by atoms with Crippen molar-refractivity contribution in [2.75, 3.05) is 109 Å². The van der Waals surface area contributed by atoms with Crippen molar-refractivity contribution in [2.24, 2.45) is 0 Å². The molecule has 0 aliphatic carbocycles. The van der Waals surface area contributed by atoms with E-state index < -0.39 is 43.0 Å². The first kappa shape index (κ1) is 42.3. The largest absolute Gasteiger partial charge is 0.427 e. The van der Waals surface area contributed by atoms with Crippen LogP contribution in [0.15, 0.2) is 0 Å². The predicted octanol–water partition coefficient (Wildman–Crippen LogP) is 4.75. The summed E-state index contributed by atoms with van der Waals surface area (Å²) in [5.74, 6) is 0. The Balaban J connectivity index is 1.52. The molecule has 0 spiro atoms. The summed E-state index contributed by atoms with van der Waals surface area (Å²) in [6.07, 6.45) is 9.62. The van der Waals surface area contributed by atoms with Gasteiger partial charge in [-0.2, -0.15) is 0 Å². The number of hydrogen-bond acceptors (Lipinski definition) is 12. The normalized spacial score (nSPS) is 24.5. The van der Waals surface area contributed by atoms with Gasteiger partial charge in [0.2, 0.25) is 0 Å². The highest BCUT2D eigenvalue weighted by Gasteiger charge is 2.50. The van der Waals surface area contributed by atoms with Crippen molar-refractivity contribution < 1.29 is 35.4 Å². The molecule has 4 fully saturated rings. The molecule has 0 saturated carbocycles. The third-order valence-electron chi connectivity index (χ3n) is 12.7. The van der Waals surface area contributed by atoms with E-state index in [1.807, 2.05) is 56.9 Å². The van der Waals surface area contributed by atoms with Crippen molar-refractivity contribution >= 4 is 43.0 Å². The summed E-state index contributed by atoms with van der Waals surface area (Å²) in [4.78, 5) is 0. The first-order chi connectivity index (χ1) is 23.7. The topological polar surface area (TPSA) is 86.8 Å². The van der Waals surface area contributed by atoms with E-state index in [2.05, 4.69) is 18.3 Å². The van der Waals surface area contributed by atoms with Crippen molar-refractivity contribution in [3.05, 3.63) is 0 Å². The smallest absolute Gasteiger partial charge is 0.386 e. The van der Waals surface area contributed by atoms with Crippen LogP contribution in [0.25, 0.3) is 0 Å². The molecule has 288 valence electrons. The summed E-state index contributed by atoms with van der Waals surface area (Å²) in [6.45, 7) is 8.75. The first-order valence-corrected chi connectivity index (χ1v) is 29.9. The van der Waals surface area contributed by atoms with Gasteiger partial charge in [-0.1, -0.05) is 24.2 Å². The van der Waals surface area contributed by atoms with E-state index in [-0.39, 0.29) is 0 Å². The molecule has 4 heterocycles. The van der Waals surface area contributed by atoms with Crippen molar-refractivity contribution in [1.82, 2.24) is 18.3 Å². The molecule has 4 aliphatic heterocycles. The van der Waals surface area contributed by atoms with Gasteiger partial charge in [0, 0.05) is 81.1 Å². The molecule has 0 aromatic heterocycles. The van der Waals surface area contributed by atoms with Crippen LogP contribution in [0, 0.1) is 0 Å². The lowest BCUT2D eigenvalue weighted by Gasteiger charge is -2.38. The molecule has 0 atom stereocenters. The van der Waals surface area contributed by atoms with Crippen LogP contribution >= 0.6 is 0 Å². The van der Waals surface area contributed by atoms with Crippen molar-refractivity contribution in [3.8, 4) is 0 Å². The fraction of sp³-hybridized carbons (Fsp3) is 1.00. The summed E-state index contributed by atoms with van der Waals surface area (Å²) in [6, 6.07) is 9.71. The van der Waals surface area contributed by atoms with Gasteiger partial charge in [0.15, 0.2) is 0 Å².